The maximum Gasteiger partial charge on any atom is 0.105 e. The fraction of sp³-hybridized carbons (Fsp3) is 0.250. The highest BCUT2D eigenvalue weighted by atomic mass is 35.5. The molecule has 0 aromatic heterocycles. The van der Waals surface area contributed by atoms with E-state index in [1.807, 2.05) is 23.9 Å². The Labute approximate surface area is 189 Å². The summed E-state index contributed by atoms with van der Waals surface area (Å²) in [5.41, 5.74) is 3.87. The lowest BCUT2D eigenvalue weighted by Gasteiger charge is -2.35. The number of para-hydroxylation sites is 2. The molecule has 0 fully saturated rings. The Balaban J connectivity index is 0.00000240. The molecular formula is C24H26Cl2N2S. The zero-order chi connectivity index (χ0) is 19.6. The molecule has 0 unspecified atom stereocenters. The van der Waals surface area contributed by atoms with Crippen molar-refractivity contribution >= 4 is 34.7 Å². The number of nitrogens with zero attached hydrogens (tertiary/aromatic N) is 2. The normalized spacial score (nSPS) is 12.7. The molecule has 1 aliphatic heterocycles. The number of quaternary nitrogens is 1. The molecule has 0 saturated carbocycles. The van der Waals surface area contributed by atoms with Gasteiger partial charge in [0.2, 0.25) is 0 Å². The summed E-state index contributed by atoms with van der Waals surface area (Å²) in [6.45, 7) is 3.06. The Hall–Kier alpha value is -1.65. The molecule has 0 atom stereocenters. The molecule has 0 saturated heterocycles. The third-order valence-corrected chi connectivity index (χ3v) is 6.73. The zero-order valence-electron chi connectivity index (χ0n) is 16.8. The van der Waals surface area contributed by atoms with Crippen molar-refractivity contribution in [3.63, 3.8) is 0 Å². The van der Waals surface area contributed by atoms with Crippen molar-refractivity contribution in [3.05, 3.63) is 83.4 Å². The predicted octanol–water partition coefficient (Wildman–Crippen LogP) is 3.61. The van der Waals surface area contributed by atoms with E-state index in [9.17, 15) is 0 Å². The van der Waals surface area contributed by atoms with Gasteiger partial charge >= 0.3 is 0 Å². The summed E-state index contributed by atoms with van der Waals surface area (Å²) in [7, 11) is 4.58. The molecule has 29 heavy (non-hydrogen) atoms. The monoisotopic (exact) mass is 444 g/mol. The van der Waals surface area contributed by atoms with Crippen LogP contribution in [0.4, 0.5) is 11.4 Å². The Morgan fingerprint density at radius 2 is 1.38 bits per heavy atom. The number of hydrogen-bond acceptors (Lipinski definition) is 2. The van der Waals surface area contributed by atoms with E-state index in [-0.39, 0.29) is 12.4 Å². The molecule has 0 N–H and O–H groups in total. The average molecular weight is 445 g/mol. The number of hydrogen-bond donors (Lipinski definition) is 0. The van der Waals surface area contributed by atoms with Crippen molar-refractivity contribution < 1.29 is 16.9 Å². The Morgan fingerprint density at radius 1 is 0.828 bits per heavy atom. The molecule has 0 spiro atoms. The van der Waals surface area contributed by atoms with Crippen LogP contribution in [-0.4, -0.2) is 31.7 Å². The van der Waals surface area contributed by atoms with Crippen LogP contribution in [0.25, 0.3) is 0 Å². The highest BCUT2D eigenvalue weighted by molar-refractivity contribution is 7.99. The van der Waals surface area contributed by atoms with Gasteiger partial charge < -0.3 is 21.8 Å². The summed E-state index contributed by atoms with van der Waals surface area (Å²) in [6.07, 6.45) is 1.12. The molecule has 5 heteroatoms. The second-order valence-corrected chi connectivity index (χ2v) is 9.44. The summed E-state index contributed by atoms with van der Waals surface area (Å²) in [6, 6.07) is 25.6. The van der Waals surface area contributed by atoms with Gasteiger partial charge in [-0.2, -0.15) is 0 Å². The first-order valence-corrected chi connectivity index (χ1v) is 10.9. The molecular weight excluding hydrogens is 419 g/mol. The average Bonchev–Trinajstić information content (AvgIpc) is 2.69. The maximum atomic E-state index is 6.38. The molecule has 3 aromatic rings. The highest BCUT2D eigenvalue weighted by Gasteiger charge is 2.24. The molecule has 3 aromatic carbocycles. The first-order valence-electron chi connectivity index (χ1n) is 9.72. The predicted molar refractivity (Wildman–Crippen MR) is 121 cm³/mol. The summed E-state index contributed by atoms with van der Waals surface area (Å²) in [5, 5.41) is 0.865. The van der Waals surface area contributed by atoms with E-state index in [0.29, 0.717) is 0 Å². The SMILES string of the molecule is C[N+](C)(CCCN1c2ccccc2Sc2ccccc21)Cc1ccccc1Cl.[Cl-]. The van der Waals surface area contributed by atoms with Gasteiger partial charge in [-0.15, -0.1) is 0 Å². The smallest absolute Gasteiger partial charge is 0.105 e. The lowest BCUT2D eigenvalue weighted by Crippen LogP contribution is -3.00. The summed E-state index contributed by atoms with van der Waals surface area (Å²) < 4.78 is 0.926. The van der Waals surface area contributed by atoms with Crippen LogP contribution in [0.1, 0.15) is 12.0 Å². The quantitative estimate of drug-likeness (QED) is 0.534. The molecule has 1 aliphatic rings. The Bertz CT molecular complexity index is 929. The number of anilines is 2. The van der Waals surface area contributed by atoms with Gasteiger partial charge in [-0.25, -0.2) is 0 Å². The maximum absolute atomic E-state index is 6.38. The minimum absolute atomic E-state index is 0. The van der Waals surface area contributed by atoms with E-state index in [1.54, 1.807) is 0 Å². The van der Waals surface area contributed by atoms with Gasteiger partial charge in [0.15, 0.2) is 0 Å². The van der Waals surface area contributed by atoms with Crippen molar-refractivity contribution in [1.82, 2.24) is 0 Å². The lowest BCUT2D eigenvalue weighted by atomic mass is 10.1. The van der Waals surface area contributed by atoms with E-state index in [1.165, 1.54) is 26.7 Å². The third kappa shape index (κ3) is 5.10. The first kappa shape index (κ1) is 22.0. The number of rotatable bonds is 6. The summed E-state index contributed by atoms with van der Waals surface area (Å²) in [5.74, 6) is 0. The van der Waals surface area contributed by atoms with Gasteiger partial charge in [-0.05, 0) is 30.3 Å². The van der Waals surface area contributed by atoms with E-state index in [2.05, 4.69) is 79.7 Å². The molecule has 0 amide bonds. The van der Waals surface area contributed by atoms with Crippen LogP contribution in [-0.2, 0) is 6.54 Å². The van der Waals surface area contributed by atoms with E-state index in [4.69, 9.17) is 11.6 Å². The number of fused-ring (bicyclic) bond motifs is 2. The second kappa shape index (κ2) is 9.44. The van der Waals surface area contributed by atoms with Gasteiger partial charge in [-0.3, -0.25) is 0 Å². The van der Waals surface area contributed by atoms with Gasteiger partial charge in [0.05, 0.1) is 32.0 Å². The highest BCUT2D eigenvalue weighted by Crippen LogP contribution is 2.47. The molecule has 0 radical (unpaired) electrons. The van der Waals surface area contributed by atoms with Crippen LogP contribution in [0.3, 0.4) is 0 Å². The van der Waals surface area contributed by atoms with Crippen LogP contribution in [0.5, 0.6) is 0 Å². The van der Waals surface area contributed by atoms with Crippen molar-refractivity contribution in [2.45, 2.75) is 22.8 Å². The first-order chi connectivity index (χ1) is 13.5. The Morgan fingerprint density at radius 3 is 2.00 bits per heavy atom. The van der Waals surface area contributed by atoms with Crippen LogP contribution in [0.15, 0.2) is 82.6 Å². The van der Waals surface area contributed by atoms with E-state index < -0.39 is 0 Å². The van der Waals surface area contributed by atoms with Crippen LogP contribution in [0, 0.1) is 0 Å². The molecule has 0 aliphatic carbocycles. The largest absolute Gasteiger partial charge is 1.00 e. The van der Waals surface area contributed by atoms with Crippen LogP contribution >= 0.6 is 23.4 Å². The zero-order valence-corrected chi connectivity index (χ0v) is 19.1. The van der Waals surface area contributed by atoms with Crippen molar-refractivity contribution in [1.29, 1.82) is 0 Å². The van der Waals surface area contributed by atoms with Crippen LogP contribution < -0.4 is 17.3 Å². The topological polar surface area (TPSA) is 3.24 Å². The number of halogens is 2. The van der Waals surface area contributed by atoms with Gasteiger partial charge in [0.1, 0.15) is 6.54 Å². The molecule has 152 valence electrons. The van der Waals surface area contributed by atoms with Gasteiger partial charge in [0.25, 0.3) is 0 Å². The van der Waals surface area contributed by atoms with Gasteiger partial charge in [0, 0.05) is 33.3 Å². The second-order valence-electron chi connectivity index (χ2n) is 7.95. The van der Waals surface area contributed by atoms with E-state index >= 15 is 0 Å². The van der Waals surface area contributed by atoms with Crippen molar-refractivity contribution in [2.75, 3.05) is 32.1 Å². The minimum Gasteiger partial charge on any atom is -1.00 e. The fourth-order valence-corrected chi connectivity index (χ4v) is 5.14. The van der Waals surface area contributed by atoms with Crippen LogP contribution in [0.2, 0.25) is 5.02 Å². The van der Waals surface area contributed by atoms with Gasteiger partial charge in [-0.1, -0.05) is 65.8 Å². The molecule has 0 bridgehead atoms. The molecule has 4 rings (SSSR count). The summed E-state index contributed by atoms with van der Waals surface area (Å²) in [4.78, 5) is 5.16. The lowest BCUT2D eigenvalue weighted by molar-refractivity contribution is -0.903. The summed E-state index contributed by atoms with van der Waals surface area (Å²) >= 11 is 8.25. The fourth-order valence-electron chi connectivity index (χ4n) is 3.85. The molecule has 1 heterocycles. The third-order valence-electron chi connectivity index (χ3n) is 5.23. The Kier molecular flexibility index (Phi) is 7.18. The molecule has 2 nitrogen and oxygen atoms in total. The standard InChI is InChI=1S/C24H26ClN2S.ClH/c1-27(2,18-19-10-3-4-11-20(19)25)17-9-16-26-21-12-5-7-14-23(21)28-24-15-8-6-13-22(24)26;/h3-8,10-15H,9,16-18H2,1-2H3;1H/q+1;/p-1. The minimum atomic E-state index is 0. The van der Waals surface area contributed by atoms with Crippen molar-refractivity contribution in [3.8, 4) is 0 Å². The van der Waals surface area contributed by atoms with E-state index in [0.717, 1.165) is 35.6 Å². The number of benzene rings is 3. The van der Waals surface area contributed by atoms with Crippen molar-refractivity contribution in [2.24, 2.45) is 0 Å².